The van der Waals surface area contributed by atoms with Gasteiger partial charge >= 0.3 is 0 Å². The number of thioether (sulfide) groups is 1. The van der Waals surface area contributed by atoms with Gasteiger partial charge in [-0.15, -0.1) is 0 Å². The molecule has 0 aliphatic carbocycles. The molecule has 12 heavy (non-hydrogen) atoms. The van der Waals surface area contributed by atoms with Crippen molar-refractivity contribution in [1.82, 2.24) is 0 Å². The monoisotopic (exact) mass is 194 g/mol. The quantitative estimate of drug-likeness (QED) is 0.552. The number of hydrogen-bond donors (Lipinski definition) is 2. The van der Waals surface area contributed by atoms with E-state index in [-0.39, 0.29) is 13.2 Å². The van der Waals surface area contributed by atoms with E-state index in [1.165, 1.54) is 0 Å². The molecule has 0 heterocycles. The molecule has 0 spiro atoms. The SMILES string of the molecule is CC(CCO)SCCOCCO. The fourth-order valence-corrected chi connectivity index (χ4v) is 1.63. The highest BCUT2D eigenvalue weighted by Gasteiger charge is 2.00. The van der Waals surface area contributed by atoms with Crippen molar-refractivity contribution in [2.24, 2.45) is 0 Å². The van der Waals surface area contributed by atoms with Crippen LogP contribution in [0.15, 0.2) is 0 Å². The molecule has 0 aromatic carbocycles. The van der Waals surface area contributed by atoms with Crippen molar-refractivity contribution < 1.29 is 14.9 Å². The molecular formula is C8H18O3S. The van der Waals surface area contributed by atoms with E-state index in [0.29, 0.717) is 18.5 Å². The summed E-state index contributed by atoms with van der Waals surface area (Å²) in [4.78, 5) is 0. The van der Waals surface area contributed by atoms with Crippen LogP contribution in [0.3, 0.4) is 0 Å². The van der Waals surface area contributed by atoms with E-state index in [1.54, 1.807) is 11.8 Å². The van der Waals surface area contributed by atoms with E-state index in [4.69, 9.17) is 14.9 Å². The van der Waals surface area contributed by atoms with Gasteiger partial charge < -0.3 is 14.9 Å². The molecule has 0 aliphatic heterocycles. The molecule has 0 aromatic rings. The van der Waals surface area contributed by atoms with Gasteiger partial charge in [0.25, 0.3) is 0 Å². The summed E-state index contributed by atoms with van der Waals surface area (Å²) >= 11 is 1.78. The van der Waals surface area contributed by atoms with Gasteiger partial charge in [0.15, 0.2) is 0 Å². The zero-order chi connectivity index (χ0) is 9.23. The van der Waals surface area contributed by atoms with E-state index in [1.807, 2.05) is 0 Å². The summed E-state index contributed by atoms with van der Waals surface area (Å²) < 4.78 is 5.08. The van der Waals surface area contributed by atoms with Crippen LogP contribution < -0.4 is 0 Å². The van der Waals surface area contributed by atoms with E-state index in [9.17, 15) is 0 Å². The second-order valence-electron chi connectivity index (χ2n) is 2.53. The Morgan fingerprint density at radius 1 is 1.25 bits per heavy atom. The number of rotatable bonds is 8. The first-order valence-corrected chi connectivity index (χ1v) is 5.27. The standard InChI is InChI=1S/C8H18O3S/c1-8(2-3-9)12-7-6-11-5-4-10/h8-10H,2-7H2,1H3. The van der Waals surface area contributed by atoms with Crippen molar-refractivity contribution >= 4 is 11.8 Å². The maximum absolute atomic E-state index is 8.60. The molecule has 0 saturated carbocycles. The highest BCUT2D eigenvalue weighted by atomic mass is 32.2. The fourth-order valence-electron chi connectivity index (χ4n) is 0.740. The van der Waals surface area contributed by atoms with Crippen molar-refractivity contribution in [3.8, 4) is 0 Å². The van der Waals surface area contributed by atoms with Crippen molar-refractivity contribution in [2.75, 3.05) is 32.2 Å². The lowest BCUT2D eigenvalue weighted by atomic mass is 10.3. The summed E-state index contributed by atoms with van der Waals surface area (Å²) in [6.45, 7) is 3.55. The van der Waals surface area contributed by atoms with E-state index in [0.717, 1.165) is 12.2 Å². The summed E-state index contributed by atoms with van der Waals surface area (Å²) in [5.74, 6) is 0.932. The van der Waals surface area contributed by atoms with Crippen LogP contribution in [0.25, 0.3) is 0 Å². The Balaban J connectivity index is 2.97. The minimum absolute atomic E-state index is 0.0941. The maximum atomic E-state index is 8.60. The van der Waals surface area contributed by atoms with Gasteiger partial charge in [0.05, 0.1) is 19.8 Å². The number of aliphatic hydroxyl groups excluding tert-OH is 2. The zero-order valence-corrected chi connectivity index (χ0v) is 8.35. The molecule has 74 valence electrons. The third-order valence-corrected chi connectivity index (χ3v) is 2.61. The third-order valence-electron chi connectivity index (χ3n) is 1.40. The summed E-state index contributed by atoms with van der Waals surface area (Å²) in [7, 11) is 0. The molecule has 0 rings (SSSR count). The molecule has 0 aliphatic rings. The molecule has 2 N–H and O–H groups in total. The van der Waals surface area contributed by atoms with Crippen LogP contribution in [0, 0.1) is 0 Å². The van der Waals surface area contributed by atoms with Crippen molar-refractivity contribution in [1.29, 1.82) is 0 Å². The molecule has 0 fully saturated rings. The molecule has 1 unspecified atom stereocenters. The summed E-state index contributed by atoms with van der Waals surface area (Å²) in [5.41, 5.74) is 0. The van der Waals surface area contributed by atoms with Gasteiger partial charge in [-0.2, -0.15) is 11.8 Å². The summed E-state index contributed by atoms with van der Waals surface area (Å²) in [6, 6.07) is 0. The maximum Gasteiger partial charge on any atom is 0.0698 e. The van der Waals surface area contributed by atoms with Crippen molar-refractivity contribution in [2.45, 2.75) is 18.6 Å². The lowest BCUT2D eigenvalue weighted by molar-refractivity contribution is 0.103. The lowest BCUT2D eigenvalue weighted by Crippen LogP contribution is -2.06. The molecule has 0 bridgehead atoms. The topological polar surface area (TPSA) is 49.7 Å². The van der Waals surface area contributed by atoms with Crippen molar-refractivity contribution in [3.05, 3.63) is 0 Å². The van der Waals surface area contributed by atoms with E-state index in [2.05, 4.69) is 6.92 Å². The molecule has 0 amide bonds. The summed E-state index contributed by atoms with van der Waals surface area (Å²) in [5, 5.41) is 17.5. The van der Waals surface area contributed by atoms with Crippen molar-refractivity contribution in [3.63, 3.8) is 0 Å². The minimum atomic E-state index is 0.0941. The largest absolute Gasteiger partial charge is 0.396 e. The van der Waals surface area contributed by atoms with Gasteiger partial charge in [0.1, 0.15) is 0 Å². The Hall–Kier alpha value is 0.230. The normalized spacial score (nSPS) is 13.2. The molecule has 0 aromatic heterocycles. The highest BCUT2D eigenvalue weighted by Crippen LogP contribution is 2.12. The highest BCUT2D eigenvalue weighted by molar-refractivity contribution is 7.99. The first kappa shape index (κ1) is 12.2. The predicted molar refractivity (Wildman–Crippen MR) is 51.5 cm³/mol. The Labute approximate surface area is 78.1 Å². The van der Waals surface area contributed by atoms with E-state index >= 15 is 0 Å². The van der Waals surface area contributed by atoms with Gasteiger partial charge in [-0.25, -0.2) is 0 Å². The second kappa shape index (κ2) is 9.32. The Kier molecular flexibility index (Phi) is 9.50. The van der Waals surface area contributed by atoms with Crippen LogP contribution in [0.4, 0.5) is 0 Å². The molecule has 4 heteroatoms. The van der Waals surface area contributed by atoms with Crippen LogP contribution in [-0.4, -0.2) is 47.6 Å². The molecule has 0 radical (unpaired) electrons. The number of aliphatic hydroxyl groups is 2. The van der Waals surface area contributed by atoms with Crippen LogP contribution >= 0.6 is 11.8 Å². The van der Waals surface area contributed by atoms with Gasteiger partial charge in [0, 0.05) is 17.6 Å². The second-order valence-corrected chi connectivity index (χ2v) is 4.08. The molecular weight excluding hydrogens is 176 g/mol. The van der Waals surface area contributed by atoms with Crippen LogP contribution in [0.1, 0.15) is 13.3 Å². The number of hydrogen-bond acceptors (Lipinski definition) is 4. The fraction of sp³-hybridized carbons (Fsp3) is 1.00. The number of ether oxygens (including phenoxy) is 1. The Morgan fingerprint density at radius 2 is 2.00 bits per heavy atom. The molecule has 0 saturated heterocycles. The van der Waals surface area contributed by atoms with Gasteiger partial charge in [-0.3, -0.25) is 0 Å². The first-order valence-electron chi connectivity index (χ1n) is 4.22. The van der Waals surface area contributed by atoms with E-state index < -0.39 is 0 Å². The van der Waals surface area contributed by atoms with Gasteiger partial charge in [0.2, 0.25) is 0 Å². The smallest absolute Gasteiger partial charge is 0.0698 e. The van der Waals surface area contributed by atoms with Crippen LogP contribution in [0.2, 0.25) is 0 Å². The average molecular weight is 194 g/mol. The average Bonchev–Trinajstić information content (AvgIpc) is 2.05. The first-order chi connectivity index (χ1) is 5.81. The lowest BCUT2D eigenvalue weighted by Gasteiger charge is -2.08. The molecule has 3 nitrogen and oxygen atoms in total. The Bertz CT molecular complexity index is 90.4. The summed E-state index contributed by atoms with van der Waals surface area (Å²) in [6.07, 6.45) is 0.838. The van der Waals surface area contributed by atoms with Crippen LogP contribution in [-0.2, 0) is 4.74 Å². The van der Waals surface area contributed by atoms with Gasteiger partial charge in [-0.05, 0) is 6.42 Å². The third kappa shape index (κ3) is 8.33. The zero-order valence-electron chi connectivity index (χ0n) is 7.53. The van der Waals surface area contributed by atoms with Crippen LogP contribution in [0.5, 0.6) is 0 Å². The Morgan fingerprint density at radius 3 is 2.58 bits per heavy atom. The molecule has 1 atom stereocenters. The minimum Gasteiger partial charge on any atom is -0.396 e. The van der Waals surface area contributed by atoms with Gasteiger partial charge in [-0.1, -0.05) is 6.92 Å². The predicted octanol–water partition coefficient (Wildman–Crippen LogP) is 0.499.